The van der Waals surface area contributed by atoms with Crippen LogP contribution in [-0.2, 0) is 0 Å². The molecule has 0 radical (unpaired) electrons. The Bertz CT molecular complexity index is 437. The van der Waals surface area contributed by atoms with Gasteiger partial charge in [0.05, 0.1) is 0 Å². The monoisotopic (exact) mass is 323 g/mol. The fourth-order valence-electron chi connectivity index (χ4n) is 3.90. The Morgan fingerprint density at radius 1 is 1.32 bits per heavy atom. The molecule has 104 valence electrons. The second-order valence-corrected chi connectivity index (χ2v) is 6.74. The van der Waals surface area contributed by atoms with Crippen LogP contribution in [0.15, 0.2) is 22.9 Å². The Balaban J connectivity index is 1.82. The summed E-state index contributed by atoms with van der Waals surface area (Å²) < 4.78 is 1.04. The highest BCUT2D eigenvalue weighted by molar-refractivity contribution is 9.10. The third-order valence-corrected chi connectivity index (χ3v) is 5.22. The molecule has 1 aliphatic heterocycles. The van der Waals surface area contributed by atoms with Crippen molar-refractivity contribution in [3.05, 3.63) is 28.5 Å². The van der Waals surface area contributed by atoms with Crippen molar-refractivity contribution in [1.29, 1.82) is 0 Å². The molecular weight excluding hydrogens is 302 g/mol. The molecule has 1 saturated carbocycles. The molecule has 0 bridgehead atoms. The Labute approximate surface area is 123 Å². The molecule has 1 aliphatic carbocycles. The minimum atomic E-state index is 0.332. The van der Waals surface area contributed by atoms with Gasteiger partial charge in [0.1, 0.15) is 0 Å². The van der Waals surface area contributed by atoms with E-state index in [0.29, 0.717) is 12.6 Å². The fourth-order valence-corrected chi connectivity index (χ4v) is 4.29. The summed E-state index contributed by atoms with van der Waals surface area (Å²) in [5.41, 5.74) is 7.32. The number of nitrogens with two attached hydrogens (primary N) is 1. The molecule has 2 N–H and O–H groups in total. The van der Waals surface area contributed by atoms with Crippen molar-refractivity contribution in [1.82, 2.24) is 9.88 Å². The molecule has 19 heavy (non-hydrogen) atoms. The predicted octanol–water partition coefficient (Wildman–Crippen LogP) is 3.11. The molecule has 0 amide bonds. The van der Waals surface area contributed by atoms with Crippen LogP contribution in [0.4, 0.5) is 0 Å². The number of rotatable bonds is 3. The van der Waals surface area contributed by atoms with Gasteiger partial charge in [-0.1, -0.05) is 12.8 Å². The molecule has 1 saturated heterocycles. The smallest absolute Gasteiger partial charge is 0.0489 e. The molecule has 2 fully saturated rings. The van der Waals surface area contributed by atoms with E-state index in [9.17, 15) is 0 Å². The summed E-state index contributed by atoms with van der Waals surface area (Å²) in [6.45, 7) is 1.88. The molecule has 2 heterocycles. The highest BCUT2D eigenvalue weighted by Gasteiger charge is 2.39. The number of likely N-dealkylation sites (tertiary alicyclic amines) is 1. The van der Waals surface area contributed by atoms with E-state index in [1.165, 1.54) is 44.2 Å². The van der Waals surface area contributed by atoms with Crippen molar-refractivity contribution in [3.8, 4) is 0 Å². The molecule has 3 unspecified atom stereocenters. The van der Waals surface area contributed by atoms with Gasteiger partial charge in [-0.3, -0.25) is 9.88 Å². The Hall–Kier alpha value is -0.450. The highest BCUT2D eigenvalue weighted by Crippen LogP contribution is 2.40. The van der Waals surface area contributed by atoms with Crippen molar-refractivity contribution in [3.63, 3.8) is 0 Å². The lowest BCUT2D eigenvalue weighted by molar-refractivity contribution is 0.135. The van der Waals surface area contributed by atoms with E-state index in [2.05, 4.69) is 31.9 Å². The Kier molecular flexibility index (Phi) is 4.20. The van der Waals surface area contributed by atoms with Crippen molar-refractivity contribution < 1.29 is 0 Å². The van der Waals surface area contributed by atoms with Crippen LogP contribution < -0.4 is 5.73 Å². The van der Waals surface area contributed by atoms with Gasteiger partial charge in [0.25, 0.3) is 0 Å². The summed E-state index contributed by atoms with van der Waals surface area (Å²) in [5, 5.41) is 0. The molecule has 2 aliphatic rings. The number of halogens is 1. The van der Waals surface area contributed by atoms with Crippen molar-refractivity contribution >= 4 is 15.9 Å². The standard InChI is InChI=1S/C15H22BrN3/c16-13-7-12(9-18-10-13)15(8-17)19-6-5-11-3-1-2-4-14(11)19/h7,9-11,14-15H,1-6,8,17H2. The molecule has 4 heteroatoms. The summed E-state index contributed by atoms with van der Waals surface area (Å²) in [5.74, 6) is 0.905. The zero-order chi connectivity index (χ0) is 13.2. The van der Waals surface area contributed by atoms with E-state index in [1.54, 1.807) is 0 Å². The van der Waals surface area contributed by atoms with E-state index < -0.39 is 0 Å². The van der Waals surface area contributed by atoms with Gasteiger partial charge < -0.3 is 5.73 Å². The lowest BCUT2D eigenvalue weighted by atomic mass is 9.84. The number of nitrogens with zero attached hydrogens (tertiary/aromatic N) is 2. The van der Waals surface area contributed by atoms with Crippen LogP contribution in [0.1, 0.15) is 43.7 Å². The maximum Gasteiger partial charge on any atom is 0.0489 e. The zero-order valence-corrected chi connectivity index (χ0v) is 12.8. The summed E-state index contributed by atoms with van der Waals surface area (Å²) in [7, 11) is 0. The van der Waals surface area contributed by atoms with E-state index in [-0.39, 0.29) is 0 Å². The summed E-state index contributed by atoms with van der Waals surface area (Å²) in [4.78, 5) is 6.95. The van der Waals surface area contributed by atoms with Gasteiger partial charge in [0, 0.05) is 35.5 Å². The first-order chi connectivity index (χ1) is 9.29. The van der Waals surface area contributed by atoms with Crippen LogP contribution in [0.25, 0.3) is 0 Å². The van der Waals surface area contributed by atoms with Crippen LogP contribution in [0.5, 0.6) is 0 Å². The van der Waals surface area contributed by atoms with Gasteiger partial charge in [0.2, 0.25) is 0 Å². The van der Waals surface area contributed by atoms with Gasteiger partial charge in [-0.05, 0) is 59.3 Å². The zero-order valence-electron chi connectivity index (χ0n) is 11.3. The molecule has 1 aromatic heterocycles. The third kappa shape index (κ3) is 2.71. The first-order valence-corrected chi connectivity index (χ1v) is 8.15. The van der Waals surface area contributed by atoms with Crippen LogP contribution >= 0.6 is 15.9 Å². The molecule has 0 spiro atoms. The largest absolute Gasteiger partial charge is 0.329 e. The Morgan fingerprint density at radius 3 is 2.95 bits per heavy atom. The molecule has 1 aromatic rings. The van der Waals surface area contributed by atoms with Crippen molar-refractivity contribution in [2.24, 2.45) is 11.7 Å². The summed E-state index contributed by atoms with van der Waals surface area (Å²) >= 11 is 3.52. The maximum absolute atomic E-state index is 6.07. The average Bonchev–Trinajstić information content (AvgIpc) is 2.84. The minimum Gasteiger partial charge on any atom is -0.329 e. The molecule has 3 nitrogen and oxygen atoms in total. The van der Waals surface area contributed by atoms with E-state index in [4.69, 9.17) is 5.73 Å². The molecule has 3 atom stereocenters. The molecule has 0 aromatic carbocycles. The number of aromatic nitrogens is 1. The molecule has 3 rings (SSSR count). The topological polar surface area (TPSA) is 42.1 Å². The fraction of sp³-hybridized carbons (Fsp3) is 0.667. The summed E-state index contributed by atoms with van der Waals surface area (Å²) in [6, 6.07) is 3.25. The van der Waals surface area contributed by atoms with Crippen LogP contribution in [0, 0.1) is 5.92 Å². The van der Waals surface area contributed by atoms with Crippen LogP contribution in [-0.4, -0.2) is 29.0 Å². The number of hydrogen-bond donors (Lipinski definition) is 1. The lowest BCUT2D eigenvalue weighted by Gasteiger charge is -2.36. The van der Waals surface area contributed by atoms with Gasteiger partial charge in [-0.15, -0.1) is 0 Å². The summed E-state index contributed by atoms with van der Waals surface area (Å²) in [6.07, 6.45) is 10.7. The van der Waals surface area contributed by atoms with Gasteiger partial charge in [-0.2, -0.15) is 0 Å². The van der Waals surface area contributed by atoms with Gasteiger partial charge in [0.15, 0.2) is 0 Å². The lowest BCUT2D eigenvalue weighted by Crippen LogP contribution is -2.40. The van der Waals surface area contributed by atoms with Crippen LogP contribution in [0.2, 0.25) is 0 Å². The first kappa shape index (κ1) is 13.5. The van der Waals surface area contributed by atoms with E-state index >= 15 is 0 Å². The third-order valence-electron chi connectivity index (χ3n) is 4.79. The van der Waals surface area contributed by atoms with Crippen LogP contribution in [0.3, 0.4) is 0 Å². The minimum absolute atomic E-state index is 0.332. The average molecular weight is 324 g/mol. The normalized spacial score (nSPS) is 29.2. The first-order valence-electron chi connectivity index (χ1n) is 7.36. The number of pyridine rings is 1. The predicted molar refractivity (Wildman–Crippen MR) is 80.8 cm³/mol. The van der Waals surface area contributed by atoms with Gasteiger partial charge in [-0.25, -0.2) is 0 Å². The quantitative estimate of drug-likeness (QED) is 0.929. The molecular formula is C15H22BrN3. The maximum atomic E-state index is 6.07. The number of hydrogen-bond acceptors (Lipinski definition) is 3. The second kappa shape index (κ2) is 5.90. The highest BCUT2D eigenvalue weighted by atomic mass is 79.9. The Morgan fingerprint density at radius 2 is 2.16 bits per heavy atom. The SMILES string of the molecule is NCC(c1cncc(Br)c1)N1CCC2CCCCC21. The van der Waals surface area contributed by atoms with Crippen molar-refractivity contribution in [2.45, 2.75) is 44.2 Å². The van der Waals surface area contributed by atoms with Gasteiger partial charge >= 0.3 is 0 Å². The number of fused-ring (bicyclic) bond motifs is 1. The van der Waals surface area contributed by atoms with E-state index in [0.717, 1.165) is 16.4 Å². The van der Waals surface area contributed by atoms with Crippen molar-refractivity contribution in [2.75, 3.05) is 13.1 Å². The second-order valence-electron chi connectivity index (χ2n) is 5.83. The van der Waals surface area contributed by atoms with E-state index in [1.807, 2.05) is 12.4 Å².